The van der Waals surface area contributed by atoms with Crippen LogP contribution in [0.2, 0.25) is 0 Å². The lowest BCUT2D eigenvalue weighted by Gasteiger charge is -2.19. The summed E-state index contributed by atoms with van der Waals surface area (Å²) in [5, 5.41) is 3.27. The largest absolute Gasteiger partial charge is 0.415 e. The summed E-state index contributed by atoms with van der Waals surface area (Å²) < 4.78 is 5.46. The van der Waals surface area contributed by atoms with Gasteiger partial charge in [-0.25, -0.2) is 4.79 Å². The van der Waals surface area contributed by atoms with Gasteiger partial charge in [-0.05, 0) is 36.6 Å². The molecule has 1 fully saturated rings. The van der Waals surface area contributed by atoms with Crippen LogP contribution in [0.5, 0.6) is 5.75 Å². The molecule has 0 spiro atoms. The monoisotopic (exact) mass is 262 g/mol. The van der Waals surface area contributed by atoms with Crippen LogP contribution in [0.3, 0.4) is 0 Å². The third-order valence-electron chi connectivity index (χ3n) is 3.33. The lowest BCUT2D eigenvalue weighted by molar-refractivity contribution is 0.155. The van der Waals surface area contributed by atoms with Crippen molar-refractivity contribution in [3.8, 4) is 5.75 Å². The normalized spacial score (nSPS) is 16.3. The van der Waals surface area contributed by atoms with Crippen molar-refractivity contribution in [1.29, 1.82) is 0 Å². The van der Waals surface area contributed by atoms with E-state index in [1.54, 1.807) is 4.90 Å². The second kappa shape index (κ2) is 6.57. The summed E-state index contributed by atoms with van der Waals surface area (Å²) in [6.45, 7) is 7.52. The Labute approximate surface area is 114 Å². The minimum absolute atomic E-state index is 0.246. The first-order valence-electron chi connectivity index (χ1n) is 6.94. The summed E-state index contributed by atoms with van der Waals surface area (Å²) in [6.07, 6.45) is 0.728. The maximum Gasteiger partial charge on any atom is 0.415 e. The number of carbonyl (C=O) groups is 1. The number of nitrogens with one attached hydrogen (secondary N) is 1. The van der Waals surface area contributed by atoms with Crippen molar-refractivity contribution in [2.24, 2.45) is 0 Å². The lowest BCUT2D eigenvalue weighted by Crippen LogP contribution is -2.36. The minimum atomic E-state index is -0.246. The van der Waals surface area contributed by atoms with Crippen LogP contribution in [0.1, 0.15) is 31.7 Å². The number of rotatable bonds is 2. The molecule has 1 aliphatic rings. The summed E-state index contributed by atoms with van der Waals surface area (Å²) in [6, 6.07) is 7.76. The summed E-state index contributed by atoms with van der Waals surface area (Å²) >= 11 is 0. The van der Waals surface area contributed by atoms with Crippen molar-refractivity contribution in [3.05, 3.63) is 29.8 Å². The van der Waals surface area contributed by atoms with Crippen LogP contribution in [0, 0.1) is 0 Å². The number of ether oxygens (including phenoxy) is 1. The van der Waals surface area contributed by atoms with Gasteiger partial charge in [-0.2, -0.15) is 0 Å². The first-order chi connectivity index (χ1) is 9.16. The van der Waals surface area contributed by atoms with Gasteiger partial charge in [-0.3, -0.25) is 0 Å². The molecule has 1 aliphatic heterocycles. The number of nitrogens with zero attached hydrogens (tertiary/aromatic N) is 1. The SMILES string of the molecule is CC(C)c1cccc(OC(=O)N2CCCNCC2)c1. The molecule has 0 aliphatic carbocycles. The van der Waals surface area contributed by atoms with E-state index >= 15 is 0 Å². The summed E-state index contributed by atoms with van der Waals surface area (Å²) in [5.74, 6) is 1.06. The summed E-state index contributed by atoms with van der Waals surface area (Å²) in [7, 11) is 0. The Balaban J connectivity index is 1.99. The molecule has 19 heavy (non-hydrogen) atoms. The Kier molecular flexibility index (Phi) is 4.80. The van der Waals surface area contributed by atoms with E-state index in [9.17, 15) is 4.79 Å². The number of benzene rings is 1. The van der Waals surface area contributed by atoms with Gasteiger partial charge < -0.3 is 15.0 Å². The van der Waals surface area contributed by atoms with Crippen LogP contribution in [-0.4, -0.2) is 37.2 Å². The topological polar surface area (TPSA) is 41.6 Å². The Morgan fingerprint density at radius 3 is 2.95 bits per heavy atom. The van der Waals surface area contributed by atoms with Crippen molar-refractivity contribution in [2.45, 2.75) is 26.2 Å². The smallest absolute Gasteiger partial charge is 0.410 e. The van der Waals surface area contributed by atoms with Crippen LogP contribution < -0.4 is 10.1 Å². The minimum Gasteiger partial charge on any atom is -0.410 e. The fraction of sp³-hybridized carbons (Fsp3) is 0.533. The molecule has 4 heteroatoms. The summed E-state index contributed by atoms with van der Waals surface area (Å²) in [5.41, 5.74) is 1.18. The van der Waals surface area contributed by atoms with Gasteiger partial charge in [0.15, 0.2) is 0 Å². The molecule has 0 saturated carbocycles. The van der Waals surface area contributed by atoms with E-state index in [1.807, 2.05) is 18.2 Å². The standard InChI is InChI=1S/C15H22N2O2/c1-12(2)13-5-3-6-14(11-13)19-15(18)17-9-4-7-16-8-10-17/h3,5-6,11-12,16H,4,7-10H2,1-2H3. The van der Waals surface area contributed by atoms with E-state index in [0.717, 1.165) is 26.1 Å². The van der Waals surface area contributed by atoms with Crippen LogP contribution >= 0.6 is 0 Å². The molecule has 1 aromatic rings. The molecular weight excluding hydrogens is 240 g/mol. The van der Waals surface area contributed by atoms with Gasteiger partial charge in [-0.15, -0.1) is 0 Å². The molecule has 1 aromatic carbocycles. The highest BCUT2D eigenvalue weighted by molar-refractivity contribution is 5.70. The second-order valence-corrected chi connectivity index (χ2v) is 5.19. The van der Waals surface area contributed by atoms with Crippen molar-refractivity contribution < 1.29 is 9.53 Å². The van der Waals surface area contributed by atoms with E-state index in [0.29, 0.717) is 18.2 Å². The van der Waals surface area contributed by atoms with Gasteiger partial charge in [0.05, 0.1) is 0 Å². The highest BCUT2D eigenvalue weighted by atomic mass is 16.6. The Hall–Kier alpha value is -1.55. The average molecular weight is 262 g/mol. The Bertz CT molecular complexity index is 424. The molecule has 0 unspecified atom stereocenters. The molecule has 2 rings (SSSR count). The molecule has 0 bridgehead atoms. The van der Waals surface area contributed by atoms with E-state index in [-0.39, 0.29) is 6.09 Å². The molecule has 0 aromatic heterocycles. The zero-order chi connectivity index (χ0) is 13.7. The van der Waals surface area contributed by atoms with Crippen LogP contribution in [0.15, 0.2) is 24.3 Å². The zero-order valence-electron chi connectivity index (χ0n) is 11.7. The highest BCUT2D eigenvalue weighted by Gasteiger charge is 2.17. The summed E-state index contributed by atoms with van der Waals surface area (Å²) in [4.78, 5) is 13.8. The van der Waals surface area contributed by atoms with E-state index in [1.165, 1.54) is 5.56 Å². The lowest BCUT2D eigenvalue weighted by atomic mass is 10.0. The van der Waals surface area contributed by atoms with Crippen molar-refractivity contribution in [3.63, 3.8) is 0 Å². The Morgan fingerprint density at radius 2 is 2.16 bits per heavy atom. The number of amides is 1. The van der Waals surface area contributed by atoms with Gasteiger partial charge in [0.2, 0.25) is 0 Å². The van der Waals surface area contributed by atoms with Crippen LogP contribution in [-0.2, 0) is 0 Å². The molecule has 1 N–H and O–H groups in total. The first-order valence-corrected chi connectivity index (χ1v) is 6.94. The first kappa shape index (κ1) is 13.9. The molecule has 1 amide bonds. The van der Waals surface area contributed by atoms with Gasteiger partial charge >= 0.3 is 6.09 Å². The number of carbonyl (C=O) groups excluding carboxylic acids is 1. The molecule has 1 heterocycles. The van der Waals surface area contributed by atoms with E-state index in [2.05, 4.69) is 25.2 Å². The third kappa shape index (κ3) is 3.96. The molecule has 104 valence electrons. The van der Waals surface area contributed by atoms with Gasteiger partial charge in [-0.1, -0.05) is 26.0 Å². The number of hydrogen-bond donors (Lipinski definition) is 1. The predicted octanol–water partition coefficient (Wildman–Crippen LogP) is 2.60. The second-order valence-electron chi connectivity index (χ2n) is 5.19. The maximum atomic E-state index is 12.1. The van der Waals surface area contributed by atoms with E-state index < -0.39 is 0 Å². The Morgan fingerprint density at radius 1 is 1.32 bits per heavy atom. The van der Waals surface area contributed by atoms with Gasteiger partial charge in [0.1, 0.15) is 5.75 Å². The van der Waals surface area contributed by atoms with Crippen LogP contribution in [0.25, 0.3) is 0 Å². The molecular formula is C15H22N2O2. The predicted molar refractivity (Wildman–Crippen MR) is 75.6 cm³/mol. The zero-order valence-corrected chi connectivity index (χ0v) is 11.7. The fourth-order valence-electron chi connectivity index (χ4n) is 2.13. The molecule has 0 atom stereocenters. The quantitative estimate of drug-likeness (QED) is 0.890. The van der Waals surface area contributed by atoms with Gasteiger partial charge in [0.25, 0.3) is 0 Å². The van der Waals surface area contributed by atoms with Crippen molar-refractivity contribution in [1.82, 2.24) is 10.2 Å². The third-order valence-corrected chi connectivity index (χ3v) is 3.33. The van der Waals surface area contributed by atoms with Crippen LogP contribution in [0.4, 0.5) is 4.79 Å². The van der Waals surface area contributed by atoms with E-state index in [4.69, 9.17) is 4.74 Å². The van der Waals surface area contributed by atoms with Crippen molar-refractivity contribution in [2.75, 3.05) is 26.2 Å². The molecule has 4 nitrogen and oxygen atoms in total. The van der Waals surface area contributed by atoms with Gasteiger partial charge in [0, 0.05) is 19.6 Å². The van der Waals surface area contributed by atoms with Crippen molar-refractivity contribution >= 4 is 6.09 Å². The fourth-order valence-corrected chi connectivity index (χ4v) is 2.13. The highest BCUT2D eigenvalue weighted by Crippen LogP contribution is 2.20. The number of hydrogen-bond acceptors (Lipinski definition) is 3. The maximum absolute atomic E-state index is 12.1. The molecule has 1 saturated heterocycles. The average Bonchev–Trinajstić information content (AvgIpc) is 2.68. The molecule has 0 radical (unpaired) electrons.